The predicted molar refractivity (Wildman–Crippen MR) is 74.8 cm³/mol. The van der Waals surface area contributed by atoms with Gasteiger partial charge in [0.25, 0.3) is 0 Å². The van der Waals surface area contributed by atoms with Crippen LogP contribution < -0.4 is 0 Å². The van der Waals surface area contributed by atoms with Gasteiger partial charge in [-0.1, -0.05) is 0 Å². The lowest BCUT2D eigenvalue weighted by molar-refractivity contribution is -0.132. The number of rotatable bonds is 2. The number of carbonyl (C=O) groups excluding carboxylic acids is 1. The van der Waals surface area contributed by atoms with E-state index >= 15 is 0 Å². The van der Waals surface area contributed by atoms with Crippen molar-refractivity contribution in [2.24, 2.45) is 5.92 Å². The number of thiophene rings is 1. The molecule has 1 fully saturated rings. The largest absolute Gasteiger partial charge is 0.338 e. The van der Waals surface area contributed by atoms with Crippen LogP contribution in [0.4, 0.5) is 0 Å². The monoisotopic (exact) mass is 299 g/mol. The Morgan fingerprint density at radius 3 is 3.05 bits per heavy atom. The van der Waals surface area contributed by atoms with Crippen LogP contribution in [0.3, 0.4) is 0 Å². The summed E-state index contributed by atoms with van der Waals surface area (Å²) < 4.78 is 22.8. The minimum absolute atomic E-state index is 0.0290. The van der Waals surface area contributed by atoms with Gasteiger partial charge in [-0.05, 0) is 35.8 Å². The van der Waals surface area contributed by atoms with E-state index in [1.165, 1.54) is 10.4 Å². The fourth-order valence-corrected chi connectivity index (χ4v) is 5.62. The molecule has 104 valence electrons. The van der Waals surface area contributed by atoms with E-state index in [1.807, 2.05) is 4.90 Å². The van der Waals surface area contributed by atoms with Crippen molar-refractivity contribution in [3.8, 4) is 0 Å². The molecule has 0 spiro atoms. The van der Waals surface area contributed by atoms with Crippen LogP contribution in [0.5, 0.6) is 0 Å². The maximum Gasteiger partial charge on any atom is 0.223 e. The topological polar surface area (TPSA) is 54.5 Å². The number of nitrogens with zero attached hydrogens (tertiary/aromatic N) is 1. The van der Waals surface area contributed by atoms with E-state index in [4.69, 9.17) is 0 Å². The average molecular weight is 299 g/mol. The Morgan fingerprint density at radius 1 is 1.47 bits per heavy atom. The molecule has 6 heteroatoms. The SMILES string of the molecule is O=C(CC1CCS(=O)(=O)C1)N1CCc2sccc2C1. The van der Waals surface area contributed by atoms with Crippen molar-refractivity contribution >= 4 is 27.1 Å². The van der Waals surface area contributed by atoms with Gasteiger partial charge in [-0.25, -0.2) is 8.42 Å². The maximum atomic E-state index is 12.2. The van der Waals surface area contributed by atoms with Gasteiger partial charge in [-0.2, -0.15) is 0 Å². The third kappa shape index (κ3) is 2.84. The molecule has 4 nitrogen and oxygen atoms in total. The van der Waals surface area contributed by atoms with Crippen LogP contribution in [-0.4, -0.2) is 37.3 Å². The average Bonchev–Trinajstić information content (AvgIpc) is 2.94. The van der Waals surface area contributed by atoms with Crippen LogP contribution in [-0.2, 0) is 27.6 Å². The van der Waals surface area contributed by atoms with Gasteiger partial charge in [0, 0.05) is 24.4 Å². The fraction of sp³-hybridized carbons (Fsp3) is 0.615. The highest BCUT2D eigenvalue weighted by molar-refractivity contribution is 7.91. The fourth-order valence-electron chi connectivity index (χ4n) is 2.87. The molecule has 0 aliphatic carbocycles. The summed E-state index contributed by atoms with van der Waals surface area (Å²) in [5.74, 6) is 0.580. The minimum Gasteiger partial charge on any atom is -0.338 e. The summed E-state index contributed by atoms with van der Waals surface area (Å²) in [4.78, 5) is 15.5. The van der Waals surface area contributed by atoms with Crippen molar-refractivity contribution in [2.45, 2.75) is 25.8 Å². The molecule has 0 saturated carbocycles. The predicted octanol–water partition coefficient (Wildman–Crippen LogP) is 1.46. The van der Waals surface area contributed by atoms with Gasteiger partial charge in [0.2, 0.25) is 5.91 Å². The molecule has 1 unspecified atom stereocenters. The number of amides is 1. The second-order valence-corrected chi connectivity index (χ2v) is 8.64. The summed E-state index contributed by atoms with van der Waals surface area (Å²) in [6.07, 6.45) is 1.96. The van der Waals surface area contributed by atoms with Crippen molar-refractivity contribution in [1.29, 1.82) is 0 Å². The van der Waals surface area contributed by atoms with Crippen LogP contribution in [0.15, 0.2) is 11.4 Å². The maximum absolute atomic E-state index is 12.2. The molecule has 1 saturated heterocycles. The van der Waals surface area contributed by atoms with E-state index in [2.05, 4.69) is 11.4 Å². The highest BCUT2D eigenvalue weighted by Crippen LogP contribution is 2.27. The van der Waals surface area contributed by atoms with Gasteiger partial charge in [-0.3, -0.25) is 4.79 Å². The van der Waals surface area contributed by atoms with E-state index < -0.39 is 9.84 Å². The van der Waals surface area contributed by atoms with E-state index in [0.717, 1.165) is 13.0 Å². The van der Waals surface area contributed by atoms with Gasteiger partial charge >= 0.3 is 0 Å². The molecule has 2 aliphatic rings. The van der Waals surface area contributed by atoms with Crippen molar-refractivity contribution < 1.29 is 13.2 Å². The molecule has 1 amide bonds. The lowest BCUT2D eigenvalue weighted by atomic mass is 10.0. The van der Waals surface area contributed by atoms with E-state index in [9.17, 15) is 13.2 Å². The Morgan fingerprint density at radius 2 is 2.32 bits per heavy atom. The minimum atomic E-state index is -2.88. The zero-order valence-electron chi connectivity index (χ0n) is 10.7. The first-order valence-corrected chi connectivity index (χ1v) is 9.27. The summed E-state index contributed by atoms with van der Waals surface area (Å²) in [7, 11) is -2.88. The zero-order chi connectivity index (χ0) is 13.5. The summed E-state index contributed by atoms with van der Waals surface area (Å²) in [5.41, 5.74) is 1.25. The molecule has 0 radical (unpaired) electrons. The Balaban J connectivity index is 1.60. The molecule has 19 heavy (non-hydrogen) atoms. The first kappa shape index (κ1) is 13.1. The number of sulfone groups is 1. The Hall–Kier alpha value is -0.880. The van der Waals surface area contributed by atoms with Crippen molar-refractivity contribution in [3.63, 3.8) is 0 Å². The molecule has 1 aromatic rings. The third-order valence-corrected chi connectivity index (χ3v) is 6.81. The highest BCUT2D eigenvalue weighted by Gasteiger charge is 2.31. The summed E-state index contributed by atoms with van der Waals surface area (Å²) in [6, 6.07) is 2.08. The Labute approximate surface area is 117 Å². The molecule has 3 heterocycles. The first-order chi connectivity index (χ1) is 9.03. The molecule has 3 rings (SSSR count). The molecular weight excluding hydrogens is 282 g/mol. The lowest BCUT2D eigenvalue weighted by Gasteiger charge is -2.27. The lowest BCUT2D eigenvalue weighted by Crippen LogP contribution is -2.36. The van der Waals surface area contributed by atoms with Crippen LogP contribution in [0.1, 0.15) is 23.3 Å². The first-order valence-electron chi connectivity index (χ1n) is 6.57. The number of fused-ring (bicyclic) bond motifs is 1. The molecule has 0 aromatic carbocycles. The molecule has 2 aliphatic heterocycles. The number of carbonyl (C=O) groups is 1. The van der Waals surface area contributed by atoms with Crippen LogP contribution in [0.25, 0.3) is 0 Å². The van der Waals surface area contributed by atoms with E-state index in [1.54, 1.807) is 11.3 Å². The van der Waals surface area contributed by atoms with Gasteiger partial charge in [-0.15, -0.1) is 11.3 Å². The second kappa shape index (κ2) is 4.90. The van der Waals surface area contributed by atoms with Gasteiger partial charge < -0.3 is 4.90 Å². The quantitative estimate of drug-likeness (QED) is 0.831. The van der Waals surface area contributed by atoms with Crippen molar-refractivity contribution in [2.75, 3.05) is 18.1 Å². The van der Waals surface area contributed by atoms with Gasteiger partial charge in [0.15, 0.2) is 9.84 Å². The molecule has 0 N–H and O–H groups in total. The van der Waals surface area contributed by atoms with E-state index in [0.29, 0.717) is 19.4 Å². The third-order valence-electron chi connectivity index (χ3n) is 3.95. The standard InChI is InChI=1S/C13H17NO3S2/c15-13(7-10-3-6-19(16,17)9-10)14-4-1-12-11(8-14)2-5-18-12/h2,5,10H,1,3-4,6-9H2. The van der Waals surface area contributed by atoms with Crippen molar-refractivity contribution in [1.82, 2.24) is 4.90 Å². The summed E-state index contributed by atoms with van der Waals surface area (Å²) in [5, 5.41) is 2.07. The highest BCUT2D eigenvalue weighted by atomic mass is 32.2. The zero-order valence-corrected chi connectivity index (χ0v) is 12.3. The second-order valence-electron chi connectivity index (χ2n) is 5.41. The van der Waals surface area contributed by atoms with Crippen LogP contribution >= 0.6 is 11.3 Å². The summed E-state index contributed by atoms with van der Waals surface area (Å²) >= 11 is 1.75. The van der Waals surface area contributed by atoms with Gasteiger partial charge in [0.05, 0.1) is 11.5 Å². The molecular formula is C13H17NO3S2. The molecule has 0 bridgehead atoms. The Kier molecular flexibility index (Phi) is 3.39. The summed E-state index contributed by atoms with van der Waals surface area (Å²) in [6.45, 7) is 1.46. The van der Waals surface area contributed by atoms with Crippen LogP contribution in [0.2, 0.25) is 0 Å². The normalized spacial score (nSPS) is 25.3. The molecule has 1 atom stereocenters. The smallest absolute Gasteiger partial charge is 0.223 e. The van der Waals surface area contributed by atoms with Crippen LogP contribution in [0, 0.1) is 5.92 Å². The molecule has 1 aromatic heterocycles. The Bertz CT molecular complexity index is 591. The number of hydrogen-bond acceptors (Lipinski definition) is 4. The van der Waals surface area contributed by atoms with E-state index in [-0.39, 0.29) is 23.3 Å². The number of hydrogen-bond donors (Lipinski definition) is 0. The van der Waals surface area contributed by atoms with Crippen molar-refractivity contribution in [3.05, 3.63) is 21.9 Å². The van der Waals surface area contributed by atoms with Gasteiger partial charge in [0.1, 0.15) is 0 Å².